The number of aliphatic hydroxyl groups excluding tert-OH is 1. The predicted octanol–water partition coefficient (Wildman–Crippen LogP) is 4.61. The van der Waals surface area contributed by atoms with Gasteiger partial charge in [-0.2, -0.15) is 0 Å². The number of benzene rings is 1. The van der Waals surface area contributed by atoms with Gasteiger partial charge in [0.25, 0.3) is 0 Å². The summed E-state index contributed by atoms with van der Waals surface area (Å²) in [6, 6.07) is 6.23. The molecule has 1 aliphatic heterocycles. The van der Waals surface area contributed by atoms with Gasteiger partial charge in [-0.25, -0.2) is 14.4 Å². The standard InChI is InChI=1S/C23H27FN2O3/c1-13(2)21-19(10-9-18-11-17(27)12-20(28)29-18)22(26-23(25-21)14(3)4)15-5-7-16(24)8-6-15/h5-10,13-14,17-18,27H,11-12H2,1-4H3/b10-9+/t17-,18-/m1/s1. The van der Waals surface area contributed by atoms with Gasteiger partial charge in [0.05, 0.1) is 23.9 Å². The van der Waals surface area contributed by atoms with Crippen molar-refractivity contribution in [2.75, 3.05) is 0 Å². The second-order valence-electron chi connectivity index (χ2n) is 8.03. The summed E-state index contributed by atoms with van der Waals surface area (Å²) in [6.45, 7) is 8.18. The lowest BCUT2D eigenvalue weighted by atomic mass is 9.96. The van der Waals surface area contributed by atoms with Gasteiger partial charge in [-0.05, 0) is 36.3 Å². The number of carbonyl (C=O) groups is 1. The van der Waals surface area contributed by atoms with E-state index in [2.05, 4.69) is 13.8 Å². The van der Waals surface area contributed by atoms with Crippen LogP contribution in [0.4, 0.5) is 4.39 Å². The Labute approximate surface area is 170 Å². The van der Waals surface area contributed by atoms with Crippen molar-refractivity contribution in [2.45, 2.75) is 64.6 Å². The van der Waals surface area contributed by atoms with E-state index in [0.717, 1.165) is 22.6 Å². The lowest BCUT2D eigenvalue weighted by Crippen LogP contribution is -2.31. The first-order chi connectivity index (χ1) is 13.7. The van der Waals surface area contributed by atoms with Crippen LogP contribution in [0.25, 0.3) is 17.3 Å². The van der Waals surface area contributed by atoms with Gasteiger partial charge in [0.1, 0.15) is 17.7 Å². The Balaban J connectivity index is 2.10. The number of cyclic esters (lactones) is 1. The molecular formula is C23H27FN2O3. The molecule has 1 aliphatic rings. The van der Waals surface area contributed by atoms with Crippen LogP contribution < -0.4 is 0 Å². The molecule has 29 heavy (non-hydrogen) atoms. The molecule has 0 spiro atoms. The number of esters is 1. The molecule has 2 aromatic rings. The van der Waals surface area contributed by atoms with Crippen LogP contribution in [0, 0.1) is 5.82 Å². The van der Waals surface area contributed by atoms with Crippen molar-refractivity contribution < 1.29 is 19.0 Å². The Morgan fingerprint density at radius 1 is 1.14 bits per heavy atom. The fourth-order valence-corrected chi connectivity index (χ4v) is 3.33. The van der Waals surface area contributed by atoms with Gasteiger partial charge in [-0.15, -0.1) is 0 Å². The molecule has 2 heterocycles. The molecule has 1 saturated heterocycles. The summed E-state index contributed by atoms with van der Waals surface area (Å²) >= 11 is 0. The summed E-state index contributed by atoms with van der Waals surface area (Å²) < 4.78 is 18.8. The van der Waals surface area contributed by atoms with Crippen LogP contribution in [0.15, 0.2) is 30.3 Å². The molecule has 1 aromatic carbocycles. The van der Waals surface area contributed by atoms with E-state index in [4.69, 9.17) is 14.7 Å². The average Bonchev–Trinajstić information content (AvgIpc) is 2.65. The molecular weight excluding hydrogens is 371 g/mol. The van der Waals surface area contributed by atoms with E-state index in [1.54, 1.807) is 18.2 Å². The second-order valence-corrected chi connectivity index (χ2v) is 8.03. The number of halogens is 1. The van der Waals surface area contributed by atoms with Crippen LogP contribution in [0.3, 0.4) is 0 Å². The van der Waals surface area contributed by atoms with Crippen molar-refractivity contribution in [1.29, 1.82) is 0 Å². The van der Waals surface area contributed by atoms with E-state index < -0.39 is 18.2 Å². The maximum atomic E-state index is 13.5. The van der Waals surface area contributed by atoms with Gasteiger partial charge in [-0.3, -0.25) is 4.79 Å². The highest BCUT2D eigenvalue weighted by Gasteiger charge is 2.26. The number of rotatable bonds is 5. The van der Waals surface area contributed by atoms with Crippen LogP contribution in [-0.4, -0.2) is 33.3 Å². The fraction of sp³-hybridized carbons (Fsp3) is 0.435. The largest absolute Gasteiger partial charge is 0.458 e. The molecule has 0 bridgehead atoms. The van der Waals surface area contributed by atoms with Gasteiger partial charge in [-0.1, -0.05) is 33.8 Å². The van der Waals surface area contributed by atoms with Crippen LogP contribution >= 0.6 is 0 Å². The van der Waals surface area contributed by atoms with Crippen molar-refractivity contribution in [2.24, 2.45) is 0 Å². The summed E-state index contributed by atoms with van der Waals surface area (Å²) in [5.74, 6) is 0.279. The van der Waals surface area contributed by atoms with Crippen molar-refractivity contribution in [3.63, 3.8) is 0 Å². The topological polar surface area (TPSA) is 72.3 Å². The first-order valence-electron chi connectivity index (χ1n) is 9.98. The van der Waals surface area contributed by atoms with Crippen LogP contribution in [0.5, 0.6) is 0 Å². The van der Waals surface area contributed by atoms with E-state index in [1.165, 1.54) is 12.1 Å². The molecule has 154 valence electrons. The number of hydrogen-bond donors (Lipinski definition) is 1. The third-order valence-electron chi connectivity index (χ3n) is 4.84. The summed E-state index contributed by atoms with van der Waals surface area (Å²) in [6.07, 6.45) is 2.80. The molecule has 0 amide bonds. The summed E-state index contributed by atoms with van der Waals surface area (Å²) in [5, 5.41) is 9.85. The smallest absolute Gasteiger partial charge is 0.309 e. The van der Waals surface area contributed by atoms with Gasteiger partial charge in [0.15, 0.2) is 0 Å². The number of nitrogens with zero attached hydrogens (tertiary/aromatic N) is 2. The van der Waals surface area contributed by atoms with Gasteiger partial charge in [0.2, 0.25) is 0 Å². The molecule has 6 heteroatoms. The number of carbonyl (C=O) groups excluding carboxylic acids is 1. The van der Waals surface area contributed by atoms with Gasteiger partial charge in [0, 0.05) is 23.5 Å². The Bertz CT molecular complexity index is 907. The third-order valence-corrected chi connectivity index (χ3v) is 4.84. The van der Waals surface area contributed by atoms with E-state index in [-0.39, 0.29) is 24.1 Å². The lowest BCUT2D eigenvalue weighted by molar-refractivity contribution is -0.156. The highest BCUT2D eigenvalue weighted by molar-refractivity contribution is 5.75. The number of aromatic nitrogens is 2. The quantitative estimate of drug-likeness (QED) is 0.745. The molecule has 1 aromatic heterocycles. The van der Waals surface area contributed by atoms with Crippen LogP contribution in [0.1, 0.15) is 69.5 Å². The molecule has 0 aliphatic carbocycles. The molecule has 0 unspecified atom stereocenters. The Kier molecular flexibility index (Phi) is 6.42. The number of hydrogen-bond acceptors (Lipinski definition) is 5. The van der Waals surface area contributed by atoms with Crippen molar-refractivity contribution >= 4 is 12.0 Å². The Morgan fingerprint density at radius 3 is 2.41 bits per heavy atom. The average molecular weight is 398 g/mol. The normalized spacial score (nSPS) is 19.9. The molecule has 1 fully saturated rings. The predicted molar refractivity (Wildman–Crippen MR) is 110 cm³/mol. The maximum Gasteiger partial charge on any atom is 0.309 e. The van der Waals surface area contributed by atoms with E-state index >= 15 is 0 Å². The second kappa shape index (κ2) is 8.82. The van der Waals surface area contributed by atoms with Crippen molar-refractivity contribution in [1.82, 2.24) is 9.97 Å². The minimum Gasteiger partial charge on any atom is -0.458 e. The molecule has 0 radical (unpaired) electrons. The molecule has 2 atom stereocenters. The highest BCUT2D eigenvalue weighted by atomic mass is 19.1. The fourth-order valence-electron chi connectivity index (χ4n) is 3.33. The van der Waals surface area contributed by atoms with Crippen molar-refractivity contribution in [3.05, 3.63) is 53.2 Å². The third kappa shape index (κ3) is 5.07. The SMILES string of the molecule is CC(C)c1nc(-c2ccc(F)cc2)c(/C=C/[C@@H]2C[C@@H](O)CC(=O)O2)c(C(C)C)n1. The zero-order chi connectivity index (χ0) is 21.1. The first kappa shape index (κ1) is 21.1. The van der Waals surface area contributed by atoms with E-state index in [0.29, 0.717) is 12.1 Å². The molecule has 0 saturated carbocycles. The van der Waals surface area contributed by atoms with Crippen LogP contribution in [0.2, 0.25) is 0 Å². The maximum absolute atomic E-state index is 13.5. The summed E-state index contributed by atoms with van der Waals surface area (Å²) in [5.41, 5.74) is 3.19. The summed E-state index contributed by atoms with van der Waals surface area (Å²) in [4.78, 5) is 21.2. The molecule has 1 N–H and O–H groups in total. The lowest BCUT2D eigenvalue weighted by Gasteiger charge is -2.24. The van der Waals surface area contributed by atoms with Crippen LogP contribution in [-0.2, 0) is 9.53 Å². The number of aliphatic hydroxyl groups is 1. The monoisotopic (exact) mass is 398 g/mol. The Hall–Kier alpha value is -2.60. The summed E-state index contributed by atoms with van der Waals surface area (Å²) in [7, 11) is 0. The molecule has 3 rings (SSSR count). The minimum atomic E-state index is -0.702. The van der Waals surface area contributed by atoms with Gasteiger partial charge >= 0.3 is 5.97 Å². The first-order valence-corrected chi connectivity index (χ1v) is 9.98. The van der Waals surface area contributed by atoms with Crippen molar-refractivity contribution in [3.8, 4) is 11.3 Å². The highest BCUT2D eigenvalue weighted by Crippen LogP contribution is 2.31. The Morgan fingerprint density at radius 2 is 1.83 bits per heavy atom. The van der Waals surface area contributed by atoms with E-state index in [9.17, 15) is 14.3 Å². The molecule has 5 nitrogen and oxygen atoms in total. The zero-order valence-corrected chi connectivity index (χ0v) is 17.2. The zero-order valence-electron chi connectivity index (χ0n) is 17.2. The van der Waals surface area contributed by atoms with E-state index in [1.807, 2.05) is 19.9 Å². The minimum absolute atomic E-state index is 0.0224. The van der Waals surface area contributed by atoms with Gasteiger partial charge < -0.3 is 9.84 Å². The number of ether oxygens (including phenoxy) is 1.